The van der Waals surface area contributed by atoms with Crippen molar-refractivity contribution in [2.45, 2.75) is 5.60 Å². The van der Waals surface area contributed by atoms with Crippen molar-refractivity contribution in [3.63, 3.8) is 0 Å². The van der Waals surface area contributed by atoms with Crippen LogP contribution in [0.2, 0.25) is 5.02 Å². The van der Waals surface area contributed by atoms with Crippen molar-refractivity contribution >= 4 is 33.4 Å². The number of halogens is 1. The van der Waals surface area contributed by atoms with Crippen LogP contribution >= 0.6 is 11.6 Å². The Kier molecular flexibility index (Phi) is 4.99. The second kappa shape index (κ2) is 8.18. The highest BCUT2D eigenvalue weighted by Crippen LogP contribution is 2.43. The molecule has 1 aromatic heterocycles. The summed E-state index contributed by atoms with van der Waals surface area (Å²) in [6.45, 7) is 0. The first-order valence-corrected chi connectivity index (χ1v) is 11.7. The molecule has 34 heavy (non-hydrogen) atoms. The Hall–Kier alpha value is -3.85. The number of hydrogen-bond donors (Lipinski definition) is 1. The predicted octanol–water partition coefficient (Wildman–Crippen LogP) is 7.72. The minimum absolute atomic E-state index is 0.635. The normalized spacial score (nSPS) is 13.2. The fourth-order valence-corrected chi connectivity index (χ4v) is 5.13. The molecule has 0 aliphatic carbocycles. The van der Waals surface area contributed by atoms with Crippen LogP contribution in [0, 0.1) is 0 Å². The molecule has 1 atom stereocenters. The van der Waals surface area contributed by atoms with E-state index in [1.54, 1.807) is 0 Å². The highest BCUT2D eigenvalue weighted by Gasteiger charge is 2.36. The van der Waals surface area contributed by atoms with Gasteiger partial charge in [-0.15, -0.1) is 0 Å². The van der Waals surface area contributed by atoms with E-state index >= 15 is 0 Å². The van der Waals surface area contributed by atoms with Crippen LogP contribution in [0.3, 0.4) is 0 Å². The van der Waals surface area contributed by atoms with E-state index in [4.69, 9.17) is 11.6 Å². The summed E-state index contributed by atoms with van der Waals surface area (Å²) in [5.74, 6) is 0. The molecule has 6 aromatic rings. The summed E-state index contributed by atoms with van der Waals surface area (Å²) in [6.07, 6.45) is 0. The molecule has 0 radical (unpaired) electrons. The lowest BCUT2D eigenvalue weighted by atomic mass is 9.79. The molecule has 0 saturated heterocycles. The highest BCUT2D eigenvalue weighted by molar-refractivity contribution is 6.30. The molecule has 0 amide bonds. The quantitative estimate of drug-likeness (QED) is 0.268. The average Bonchev–Trinajstić information content (AvgIpc) is 3.24. The molecule has 5 aromatic carbocycles. The van der Waals surface area contributed by atoms with Gasteiger partial charge < -0.3 is 9.67 Å². The van der Waals surface area contributed by atoms with Gasteiger partial charge in [0.05, 0.1) is 11.0 Å². The van der Waals surface area contributed by atoms with Crippen LogP contribution in [-0.2, 0) is 5.60 Å². The number of nitrogens with zero attached hydrogens (tertiary/aromatic N) is 1. The number of aliphatic hydroxyl groups is 1. The third kappa shape index (κ3) is 3.15. The Bertz CT molecular complexity index is 1600. The van der Waals surface area contributed by atoms with Gasteiger partial charge in [-0.3, -0.25) is 0 Å². The Labute approximate surface area is 203 Å². The van der Waals surface area contributed by atoms with Crippen LogP contribution in [0.15, 0.2) is 127 Å². The van der Waals surface area contributed by atoms with Gasteiger partial charge in [0.25, 0.3) is 0 Å². The summed E-state index contributed by atoms with van der Waals surface area (Å²) < 4.78 is 2.25. The van der Waals surface area contributed by atoms with E-state index < -0.39 is 5.60 Å². The lowest BCUT2D eigenvalue weighted by molar-refractivity contribution is 0.127. The van der Waals surface area contributed by atoms with Gasteiger partial charge >= 0.3 is 0 Å². The molecule has 3 heteroatoms. The molecular weight excluding hydrogens is 438 g/mol. The first-order chi connectivity index (χ1) is 16.7. The zero-order valence-electron chi connectivity index (χ0n) is 18.4. The third-order valence-electron chi connectivity index (χ3n) is 6.55. The number of benzene rings is 5. The second-order valence-corrected chi connectivity index (χ2v) is 8.91. The molecule has 1 unspecified atom stereocenters. The monoisotopic (exact) mass is 459 g/mol. The minimum Gasteiger partial charge on any atom is -0.376 e. The van der Waals surface area contributed by atoms with Crippen molar-refractivity contribution in [1.82, 2.24) is 4.57 Å². The Morgan fingerprint density at radius 3 is 1.88 bits per heavy atom. The molecule has 0 aliphatic heterocycles. The molecule has 1 heterocycles. The largest absolute Gasteiger partial charge is 0.376 e. The molecule has 6 rings (SSSR count). The molecule has 1 N–H and O–H groups in total. The molecule has 164 valence electrons. The topological polar surface area (TPSA) is 25.2 Å². The number of rotatable bonds is 4. The zero-order valence-corrected chi connectivity index (χ0v) is 19.2. The van der Waals surface area contributed by atoms with Gasteiger partial charge in [-0.05, 0) is 41.5 Å². The molecule has 0 aliphatic rings. The van der Waals surface area contributed by atoms with Gasteiger partial charge in [-0.1, -0.05) is 109 Å². The van der Waals surface area contributed by atoms with Crippen LogP contribution < -0.4 is 0 Å². The predicted molar refractivity (Wildman–Crippen MR) is 141 cm³/mol. The van der Waals surface area contributed by atoms with Crippen molar-refractivity contribution < 1.29 is 5.11 Å². The van der Waals surface area contributed by atoms with E-state index in [1.165, 1.54) is 0 Å². The molecule has 0 bridgehead atoms. The van der Waals surface area contributed by atoms with Crippen molar-refractivity contribution in [3.05, 3.63) is 149 Å². The first-order valence-electron chi connectivity index (χ1n) is 11.3. The fraction of sp³-hybridized carbons (Fsp3) is 0.0323. The lowest BCUT2D eigenvalue weighted by Crippen LogP contribution is -2.29. The smallest absolute Gasteiger partial charge is 0.142 e. The maximum Gasteiger partial charge on any atom is 0.142 e. The van der Waals surface area contributed by atoms with Gasteiger partial charge in [-0.25, -0.2) is 0 Å². The SMILES string of the molecule is OC(c1ccccc1)(c1ccc(Cl)cc1)c1cccc2c3ccccc3n(-c3ccccc3)c12. The fourth-order valence-electron chi connectivity index (χ4n) is 5.00. The molecule has 2 nitrogen and oxygen atoms in total. The standard InChI is InChI=1S/C31H22ClNO/c32-24-20-18-23(19-21-24)31(34,22-10-3-1-4-11-22)28-16-9-15-27-26-14-7-8-17-29(26)33(30(27)28)25-12-5-2-6-13-25/h1-21,34H. The van der Waals surface area contributed by atoms with Gasteiger partial charge in [0.1, 0.15) is 5.60 Å². The van der Waals surface area contributed by atoms with Gasteiger partial charge in [0.15, 0.2) is 0 Å². The lowest BCUT2D eigenvalue weighted by Gasteiger charge is -2.31. The van der Waals surface area contributed by atoms with E-state index in [-0.39, 0.29) is 0 Å². The first kappa shape index (κ1) is 20.7. The van der Waals surface area contributed by atoms with Crippen molar-refractivity contribution in [1.29, 1.82) is 0 Å². The number of para-hydroxylation sites is 3. The van der Waals surface area contributed by atoms with Gasteiger partial charge in [0.2, 0.25) is 0 Å². The number of fused-ring (bicyclic) bond motifs is 3. The van der Waals surface area contributed by atoms with Gasteiger partial charge in [-0.2, -0.15) is 0 Å². The second-order valence-electron chi connectivity index (χ2n) is 8.47. The Morgan fingerprint density at radius 1 is 0.559 bits per heavy atom. The maximum absolute atomic E-state index is 12.7. The van der Waals surface area contributed by atoms with Crippen molar-refractivity contribution in [3.8, 4) is 5.69 Å². The maximum atomic E-state index is 12.7. The molecule has 0 fully saturated rings. The zero-order chi connectivity index (χ0) is 23.1. The summed E-state index contributed by atoms with van der Waals surface area (Å²) >= 11 is 6.22. The average molecular weight is 460 g/mol. The Balaban J connectivity index is 1.78. The van der Waals surface area contributed by atoms with E-state index in [9.17, 15) is 5.11 Å². The van der Waals surface area contributed by atoms with Crippen LogP contribution in [0.5, 0.6) is 0 Å². The van der Waals surface area contributed by atoms with Crippen LogP contribution in [0.25, 0.3) is 27.5 Å². The van der Waals surface area contributed by atoms with E-state index in [0.717, 1.165) is 44.2 Å². The van der Waals surface area contributed by atoms with Gasteiger partial charge in [0, 0.05) is 27.0 Å². The minimum atomic E-state index is -1.38. The summed E-state index contributed by atoms with van der Waals surface area (Å²) in [4.78, 5) is 0. The summed E-state index contributed by atoms with van der Waals surface area (Å²) in [7, 11) is 0. The summed E-state index contributed by atoms with van der Waals surface area (Å²) in [5.41, 5.74) is 4.13. The Morgan fingerprint density at radius 2 is 1.15 bits per heavy atom. The highest BCUT2D eigenvalue weighted by atomic mass is 35.5. The number of aromatic nitrogens is 1. The third-order valence-corrected chi connectivity index (χ3v) is 6.80. The molecular formula is C31H22ClNO. The van der Waals surface area contributed by atoms with Crippen LogP contribution in [-0.4, -0.2) is 9.67 Å². The van der Waals surface area contributed by atoms with E-state index in [2.05, 4.69) is 47.0 Å². The van der Waals surface area contributed by atoms with Crippen molar-refractivity contribution in [2.24, 2.45) is 0 Å². The van der Waals surface area contributed by atoms with Crippen LogP contribution in [0.4, 0.5) is 0 Å². The van der Waals surface area contributed by atoms with E-state index in [1.807, 2.05) is 84.9 Å². The summed E-state index contributed by atoms with van der Waals surface area (Å²) in [6, 6.07) is 42.2. The van der Waals surface area contributed by atoms with Crippen LogP contribution in [0.1, 0.15) is 16.7 Å². The summed E-state index contributed by atoms with van der Waals surface area (Å²) in [5, 5.41) is 15.5. The molecule has 0 spiro atoms. The number of hydrogen-bond acceptors (Lipinski definition) is 1. The molecule has 0 saturated carbocycles. The van der Waals surface area contributed by atoms with E-state index in [0.29, 0.717) is 5.02 Å². The van der Waals surface area contributed by atoms with Crippen molar-refractivity contribution in [2.75, 3.05) is 0 Å².